The fraction of sp³-hybridized carbons (Fsp3) is 0.923. The first-order valence-corrected chi connectivity index (χ1v) is 8.96. The van der Waals surface area contributed by atoms with Crippen molar-refractivity contribution in [3.05, 3.63) is 0 Å². The van der Waals surface area contributed by atoms with Crippen molar-refractivity contribution in [2.45, 2.75) is 51.8 Å². The molecule has 0 saturated carbocycles. The Hall–Kier alpha value is 0.0900. The van der Waals surface area contributed by atoms with Gasteiger partial charge in [-0.15, -0.1) is 0 Å². The van der Waals surface area contributed by atoms with Gasteiger partial charge in [0.2, 0.25) is 0 Å². The predicted molar refractivity (Wildman–Crippen MR) is 84.5 cm³/mol. The van der Waals surface area contributed by atoms with Gasteiger partial charge < -0.3 is 14.8 Å². The lowest BCUT2D eigenvalue weighted by molar-refractivity contribution is -0.144. The monoisotopic (exact) mass is 309 g/mol. The van der Waals surface area contributed by atoms with Crippen LogP contribution in [0.25, 0.3) is 0 Å². The van der Waals surface area contributed by atoms with Crippen LogP contribution in [0.3, 0.4) is 0 Å². The van der Waals surface area contributed by atoms with Gasteiger partial charge in [0, 0.05) is 23.8 Å². The highest BCUT2D eigenvalue weighted by atomic mass is 33.1. The van der Waals surface area contributed by atoms with E-state index in [4.69, 9.17) is 9.47 Å². The molecule has 0 aliphatic carbocycles. The molecule has 0 spiro atoms. The van der Waals surface area contributed by atoms with E-state index in [1.165, 1.54) is 0 Å². The summed E-state index contributed by atoms with van der Waals surface area (Å²) in [5, 5.41) is 3.43. The normalized spacial score (nSPS) is 11.9. The van der Waals surface area contributed by atoms with Gasteiger partial charge in [0.1, 0.15) is 12.5 Å². The van der Waals surface area contributed by atoms with Crippen LogP contribution in [0.5, 0.6) is 0 Å². The number of ether oxygens (including phenoxy) is 2. The molecule has 0 saturated heterocycles. The Balaban J connectivity index is 3.44. The molecule has 0 amide bonds. The van der Waals surface area contributed by atoms with Gasteiger partial charge in [0.05, 0.1) is 6.61 Å². The van der Waals surface area contributed by atoms with Gasteiger partial charge in [-0.05, 0) is 13.8 Å². The molecule has 6 heteroatoms. The van der Waals surface area contributed by atoms with Crippen LogP contribution >= 0.6 is 21.6 Å². The Labute approximate surface area is 125 Å². The second-order valence-corrected chi connectivity index (χ2v) is 8.05. The van der Waals surface area contributed by atoms with Crippen LogP contribution in [0.15, 0.2) is 0 Å². The van der Waals surface area contributed by atoms with Crippen molar-refractivity contribution in [2.75, 3.05) is 25.7 Å². The molecule has 19 heavy (non-hydrogen) atoms. The largest absolute Gasteiger partial charge is 0.463 e. The molecule has 0 aliphatic rings. The Morgan fingerprint density at radius 2 is 2.00 bits per heavy atom. The highest BCUT2D eigenvalue weighted by Gasteiger charge is 2.18. The lowest BCUT2D eigenvalue weighted by Gasteiger charge is -2.24. The highest BCUT2D eigenvalue weighted by Crippen LogP contribution is 2.35. The van der Waals surface area contributed by atoms with E-state index >= 15 is 0 Å². The summed E-state index contributed by atoms with van der Waals surface area (Å²) in [4.78, 5) is 10.9. The SMILES string of the molecule is CCC(=O)OCCOCSSC(C)(C)CNC(C)C. The topological polar surface area (TPSA) is 47.6 Å². The van der Waals surface area contributed by atoms with Crippen molar-refractivity contribution in [1.29, 1.82) is 0 Å². The van der Waals surface area contributed by atoms with Crippen LogP contribution in [0.4, 0.5) is 0 Å². The summed E-state index contributed by atoms with van der Waals surface area (Å²) in [6.45, 7) is 12.3. The van der Waals surface area contributed by atoms with Gasteiger partial charge in [-0.25, -0.2) is 0 Å². The zero-order chi connectivity index (χ0) is 14.7. The summed E-state index contributed by atoms with van der Waals surface area (Å²) >= 11 is 0. The first-order valence-electron chi connectivity index (χ1n) is 6.64. The predicted octanol–water partition coefficient (Wildman–Crippen LogP) is 3.07. The zero-order valence-corrected chi connectivity index (χ0v) is 14.3. The smallest absolute Gasteiger partial charge is 0.305 e. The number of esters is 1. The van der Waals surface area contributed by atoms with Gasteiger partial charge in [0.15, 0.2) is 0 Å². The third-order valence-corrected chi connectivity index (χ3v) is 5.10. The number of carbonyl (C=O) groups is 1. The van der Waals surface area contributed by atoms with Gasteiger partial charge >= 0.3 is 5.97 Å². The minimum atomic E-state index is -0.175. The van der Waals surface area contributed by atoms with Crippen molar-refractivity contribution in [3.63, 3.8) is 0 Å². The fourth-order valence-corrected chi connectivity index (χ4v) is 3.25. The fourth-order valence-electron chi connectivity index (χ4n) is 1.07. The van der Waals surface area contributed by atoms with E-state index in [0.29, 0.717) is 31.6 Å². The number of hydrogen-bond acceptors (Lipinski definition) is 6. The van der Waals surface area contributed by atoms with E-state index in [0.717, 1.165) is 6.54 Å². The Kier molecular flexibility index (Phi) is 10.9. The second kappa shape index (κ2) is 10.8. The van der Waals surface area contributed by atoms with E-state index in [2.05, 4.69) is 33.0 Å². The summed E-state index contributed by atoms with van der Waals surface area (Å²) in [5.41, 5.74) is 0. The van der Waals surface area contributed by atoms with Crippen LogP contribution in [0.1, 0.15) is 41.0 Å². The van der Waals surface area contributed by atoms with Gasteiger partial charge in [-0.2, -0.15) is 0 Å². The van der Waals surface area contributed by atoms with E-state index in [9.17, 15) is 4.79 Å². The van der Waals surface area contributed by atoms with Crippen LogP contribution in [0.2, 0.25) is 0 Å². The summed E-state index contributed by atoms with van der Waals surface area (Å²) in [6, 6.07) is 0.509. The van der Waals surface area contributed by atoms with Crippen LogP contribution in [-0.2, 0) is 14.3 Å². The van der Waals surface area contributed by atoms with Crippen LogP contribution in [0, 0.1) is 0 Å². The maximum atomic E-state index is 10.9. The molecule has 0 aromatic heterocycles. The molecular formula is C13H27NO3S2. The number of rotatable bonds is 11. The van der Waals surface area contributed by atoms with E-state index < -0.39 is 0 Å². The summed E-state index contributed by atoms with van der Waals surface area (Å²) < 4.78 is 10.5. The lowest BCUT2D eigenvalue weighted by atomic mass is 10.2. The van der Waals surface area contributed by atoms with Crippen LogP contribution in [-0.4, -0.2) is 42.5 Å². The molecule has 0 aliphatic heterocycles. The van der Waals surface area contributed by atoms with Gasteiger partial charge in [-0.3, -0.25) is 4.79 Å². The Bertz CT molecular complexity index is 248. The quantitative estimate of drug-likeness (QED) is 0.274. The first-order chi connectivity index (χ1) is 8.87. The number of carbonyl (C=O) groups excluding carboxylic acids is 1. The molecule has 0 bridgehead atoms. The molecule has 0 rings (SSSR count). The van der Waals surface area contributed by atoms with Crippen molar-refractivity contribution in [2.24, 2.45) is 0 Å². The standard InChI is InChI=1S/C13H27NO3S2/c1-6-12(15)17-8-7-16-10-18-19-13(4,5)9-14-11(2)3/h11,14H,6-10H2,1-5H3. The first kappa shape index (κ1) is 19.1. The minimum absolute atomic E-state index is 0.174. The summed E-state index contributed by atoms with van der Waals surface area (Å²) in [7, 11) is 3.50. The van der Waals surface area contributed by atoms with E-state index in [-0.39, 0.29) is 10.7 Å². The van der Waals surface area contributed by atoms with Gasteiger partial charge in [0.25, 0.3) is 0 Å². The van der Waals surface area contributed by atoms with Crippen molar-refractivity contribution < 1.29 is 14.3 Å². The van der Waals surface area contributed by atoms with E-state index in [1.807, 2.05) is 10.8 Å². The van der Waals surface area contributed by atoms with Gasteiger partial charge in [-0.1, -0.05) is 42.4 Å². The second-order valence-electron chi connectivity index (χ2n) is 5.10. The highest BCUT2D eigenvalue weighted by molar-refractivity contribution is 8.77. The summed E-state index contributed by atoms with van der Waals surface area (Å²) in [6.07, 6.45) is 0.418. The molecule has 0 fully saturated rings. The van der Waals surface area contributed by atoms with Crippen molar-refractivity contribution in [1.82, 2.24) is 5.32 Å². The van der Waals surface area contributed by atoms with E-state index in [1.54, 1.807) is 17.7 Å². The van der Waals surface area contributed by atoms with Crippen molar-refractivity contribution >= 4 is 27.6 Å². The Morgan fingerprint density at radius 3 is 2.58 bits per heavy atom. The Morgan fingerprint density at radius 1 is 1.32 bits per heavy atom. The summed E-state index contributed by atoms with van der Waals surface area (Å²) in [5.74, 6) is 0.436. The molecule has 0 aromatic rings. The maximum Gasteiger partial charge on any atom is 0.305 e. The average molecular weight is 309 g/mol. The molecule has 114 valence electrons. The lowest BCUT2D eigenvalue weighted by Crippen LogP contribution is -2.35. The molecule has 0 radical (unpaired) electrons. The van der Waals surface area contributed by atoms with Crippen molar-refractivity contribution in [3.8, 4) is 0 Å². The minimum Gasteiger partial charge on any atom is -0.463 e. The van der Waals surface area contributed by atoms with Crippen LogP contribution < -0.4 is 5.32 Å². The third kappa shape index (κ3) is 12.9. The molecule has 0 unspecified atom stereocenters. The number of hydrogen-bond donors (Lipinski definition) is 1. The third-order valence-electron chi connectivity index (χ3n) is 2.13. The molecule has 4 nitrogen and oxygen atoms in total. The molecular weight excluding hydrogens is 282 g/mol. The molecule has 0 atom stereocenters. The number of nitrogens with one attached hydrogen (secondary N) is 1. The molecule has 1 N–H and O–H groups in total. The average Bonchev–Trinajstić information content (AvgIpc) is 2.35. The maximum absolute atomic E-state index is 10.9. The molecule has 0 heterocycles. The zero-order valence-electron chi connectivity index (χ0n) is 12.7. The molecule has 0 aromatic carbocycles.